The van der Waals surface area contributed by atoms with Gasteiger partial charge in [-0.3, -0.25) is 14.2 Å². The molecule has 1 aromatic carbocycles. The molecule has 1 fully saturated rings. The predicted octanol–water partition coefficient (Wildman–Crippen LogP) is 0.669. The number of benzene rings is 1. The fraction of sp³-hybridized carbons (Fsp3) is 0.480. The van der Waals surface area contributed by atoms with Crippen LogP contribution >= 0.6 is 0 Å². The third-order valence-corrected chi connectivity index (χ3v) is 6.01. The smallest absolute Gasteiger partial charge is 0.408 e. The van der Waals surface area contributed by atoms with Gasteiger partial charge < -0.3 is 35.6 Å². The number of anilines is 1. The molecule has 5 N–H and O–H groups in total. The second kappa shape index (κ2) is 13.9. The normalized spacial score (nSPS) is 20.4. The molecular weight excluding hydrogens is 536 g/mol. The first-order chi connectivity index (χ1) is 19.0. The van der Waals surface area contributed by atoms with Gasteiger partial charge >= 0.3 is 17.7 Å². The van der Waals surface area contributed by atoms with E-state index in [1.807, 2.05) is 0 Å². The zero-order valence-electron chi connectivity index (χ0n) is 21.6. The summed E-state index contributed by atoms with van der Waals surface area (Å²) in [7, 11) is 0. The van der Waals surface area contributed by atoms with E-state index in [0.717, 1.165) is 17.8 Å². The minimum absolute atomic E-state index is 0.0387. The maximum absolute atomic E-state index is 14.4. The average Bonchev–Trinajstić information content (AvgIpc) is 3.15. The minimum atomic E-state index is -3.89. The number of hydrogen-bond donors (Lipinski definition) is 5. The first-order valence-corrected chi connectivity index (χ1v) is 12.5. The second-order valence-electron chi connectivity index (χ2n) is 9.06. The van der Waals surface area contributed by atoms with Gasteiger partial charge in [0.1, 0.15) is 24.6 Å². The van der Waals surface area contributed by atoms with Crippen molar-refractivity contribution in [1.82, 2.24) is 20.2 Å². The molecule has 4 unspecified atom stereocenters. The Labute approximate surface area is 227 Å². The molecule has 1 aliphatic heterocycles. The number of carbonyl (C=O) groups is 3. The lowest BCUT2D eigenvalue weighted by molar-refractivity contribution is -0.141. The zero-order valence-corrected chi connectivity index (χ0v) is 21.6. The first kappa shape index (κ1) is 30.6. The highest BCUT2D eigenvalue weighted by Gasteiger charge is 2.59. The summed E-state index contributed by atoms with van der Waals surface area (Å²) in [4.78, 5) is 52.5. The van der Waals surface area contributed by atoms with Crippen LogP contribution < -0.4 is 21.6 Å². The molecular formula is C25H31F2N5O8. The minimum Gasteiger partial charge on any atom is -0.445 e. The number of halogens is 2. The summed E-state index contributed by atoms with van der Waals surface area (Å²) in [5.74, 6) is -5.13. The maximum Gasteiger partial charge on any atom is 0.408 e. The Morgan fingerprint density at radius 3 is 2.55 bits per heavy atom. The number of unbranched alkanes of at least 4 members (excludes halogenated alkanes) is 1. The van der Waals surface area contributed by atoms with E-state index < -0.39 is 54.7 Å². The molecule has 0 spiro atoms. The van der Waals surface area contributed by atoms with E-state index in [0.29, 0.717) is 24.0 Å². The Balaban J connectivity index is 1.66. The van der Waals surface area contributed by atoms with E-state index in [-0.39, 0.29) is 24.8 Å². The topological polar surface area (TPSA) is 181 Å². The van der Waals surface area contributed by atoms with Crippen LogP contribution in [-0.2, 0) is 25.7 Å². The molecule has 3 amide bonds. The van der Waals surface area contributed by atoms with Crippen LogP contribution in [0.25, 0.3) is 0 Å². The highest BCUT2D eigenvalue weighted by atomic mass is 19.3. The Kier molecular flexibility index (Phi) is 10.6. The average molecular weight is 568 g/mol. The molecule has 3 rings (SSSR count). The molecule has 1 saturated heterocycles. The molecule has 4 atom stereocenters. The van der Waals surface area contributed by atoms with E-state index in [1.54, 1.807) is 30.3 Å². The molecule has 2 aromatic rings. The number of amides is 3. The van der Waals surface area contributed by atoms with Crippen molar-refractivity contribution in [3.8, 4) is 0 Å². The van der Waals surface area contributed by atoms with Gasteiger partial charge in [0.25, 0.3) is 0 Å². The summed E-state index contributed by atoms with van der Waals surface area (Å²) in [6, 6.07) is 8.81. The van der Waals surface area contributed by atoms with Crippen molar-refractivity contribution in [2.24, 2.45) is 0 Å². The van der Waals surface area contributed by atoms with Crippen molar-refractivity contribution >= 4 is 23.7 Å². The quantitative estimate of drug-likeness (QED) is 0.230. The van der Waals surface area contributed by atoms with Gasteiger partial charge in [-0.15, -0.1) is 0 Å². The lowest BCUT2D eigenvalue weighted by Crippen LogP contribution is -2.44. The number of aliphatic hydroxyl groups is 2. The Bertz CT molecular complexity index is 1230. The van der Waals surface area contributed by atoms with Crippen molar-refractivity contribution < 1.29 is 42.9 Å². The van der Waals surface area contributed by atoms with Gasteiger partial charge in [0.05, 0.1) is 6.61 Å². The van der Waals surface area contributed by atoms with Gasteiger partial charge in [0, 0.05) is 19.7 Å². The van der Waals surface area contributed by atoms with Crippen LogP contribution in [0.1, 0.15) is 38.0 Å². The van der Waals surface area contributed by atoms with Crippen LogP contribution in [0.15, 0.2) is 47.4 Å². The number of aromatic nitrogens is 2. The number of rotatable bonds is 12. The number of carbonyl (C=O) groups excluding carboxylic acids is 3. The van der Waals surface area contributed by atoms with Crippen molar-refractivity contribution in [3.05, 3.63) is 58.6 Å². The summed E-state index contributed by atoms with van der Waals surface area (Å²) < 4.78 is 39.4. The van der Waals surface area contributed by atoms with Crippen LogP contribution in [0.3, 0.4) is 0 Å². The molecule has 0 saturated carbocycles. The number of hydrogen-bond acceptors (Lipinski definition) is 9. The second-order valence-corrected chi connectivity index (χ2v) is 9.06. The van der Waals surface area contributed by atoms with E-state index in [4.69, 9.17) is 14.6 Å². The third kappa shape index (κ3) is 8.03. The number of alkyl carbamates (subject to hydrolysis) is 1. The lowest BCUT2D eigenvalue weighted by Gasteiger charge is -2.21. The number of aliphatic hydroxyl groups excluding tert-OH is 2. The fourth-order valence-electron chi connectivity index (χ4n) is 3.91. The predicted molar refractivity (Wildman–Crippen MR) is 135 cm³/mol. The molecule has 0 radical (unpaired) electrons. The fourth-order valence-corrected chi connectivity index (χ4v) is 3.91. The third-order valence-electron chi connectivity index (χ3n) is 6.01. The highest BCUT2D eigenvalue weighted by Crippen LogP contribution is 2.41. The summed E-state index contributed by atoms with van der Waals surface area (Å²) >= 11 is 0. The molecule has 2 heterocycles. The van der Waals surface area contributed by atoms with E-state index >= 15 is 0 Å². The van der Waals surface area contributed by atoms with Crippen molar-refractivity contribution in [2.45, 2.75) is 63.2 Å². The molecule has 0 bridgehead atoms. The maximum atomic E-state index is 14.4. The summed E-state index contributed by atoms with van der Waals surface area (Å²) in [6.45, 7) is 0.801. The van der Waals surface area contributed by atoms with Gasteiger partial charge in [-0.1, -0.05) is 30.3 Å². The standard InChI is InChI=1S/C25H31F2N5O8/c1-15(34)28-11-6-5-9-17(29-24(38)39-14-16-7-3-2-4-8-16)21(36)30-19-10-12-32(23(37)31-19)22-25(26,27)20(35)18(13-33)40-22/h2-4,7-8,10,12,17-18,20,22,33,35H,5-6,9,11,13-14H2,1H3,(H,28,34)(H,29,38)(H,30,31,36,37). The molecule has 13 nitrogen and oxygen atoms in total. The monoisotopic (exact) mass is 567 g/mol. The van der Waals surface area contributed by atoms with Gasteiger partial charge in [-0.25, -0.2) is 9.59 Å². The summed E-state index contributed by atoms with van der Waals surface area (Å²) in [6.07, 6.45) is -5.05. The van der Waals surface area contributed by atoms with Crippen LogP contribution in [0.5, 0.6) is 0 Å². The number of alkyl halides is 2. The molecule has 1 aliphatic rings. The van der Waals surface area contributed by atoms with Gasteiger partial charge in [-0.2, -0.15) is 13.8 Å². The number of ether oxygens (including phenoxy) is 2. The SMILES string of the molecule is CC(=O)NCCCCC(NC(=O)OCc1ccccc1)C(=O)Nc1ccn(C2OC(CO)C(O)C2(F)F)c(=O)n1. The van der Waals surface area contributed by atoms with Crippen LogP contribution in [0.2, 0.25) is 0 Å². The van der Waals surface area contributed by atoms with Crippen LogP contribution in [0.4, 0.5) is 19.4 Å². The Hall–Kier alpha value is -3.95. The largest absolute Gasteiger partial charge is 0.445 e. The number of nitrogens with zero attached hydrogens (tertiary/aromatic N) is 2. The van der Waals surface area contributed by atoms with E-state index in [1.165, 1.54) is 6.92 Å². The zero-order chi connectivity index (χ0) is 29.3. The summed E-state index contributed by atoms with van der Waals surface area (Å²) in [5.41, 5.74) is -0.483. The Morgan fingerprint density at radius 1 is 1.20 bits per heavy atom. The van der Waals surface area contributed by atoms with Crippen molar-refractivity contribution in [2.75, 3.05) is 18.5 Å². The highest BCUT2D eigenvalue weighted by molar-refractivity contribution is 5.95. The van der Waals surface area contributed by atoms with E-state index in [2.05, 4.69) is 20.9 Å². The molecule has 0 aliphatic carbocycles. The first-order valence-electron chi connectivity index (χ1n) is 12.5. The van der Waals surface area contributed by atoms with Gasteiger partial charge in [-0.05, 0) is 30.9 Å². The molecule has 1 aromatic heterocycles. The molecule has 40 heavy (non-hydrogen) atoms. The van der Waals surface area contributed by atoms with Crippen molar-refractivity contribution in [1.29, 1.82) is 0 Å². The van der Waals surface area contributed by atoms with Gasteiger partial charge in [0.2, 0.25) is 18.0 Å². The number of nitrogens with one attached hydrogen (secondary N) is 3. The summed E-state index contributed by atoms with van der Waals surface area (Å²) in [5, 5.41) is 26.3. The van der Waals surface area contributed by atoms with Crippen LogP contribution in [0, 0.1) is 0 Å². The molecule has 15 heteroatoms. The van der Waals surface area contributed by atoms with Gasteiger partial charge in [0.15, 0.2) is 6.10 Å². The molecule has 218 valence electrons. The Morgan fingerprint density at radius 2 is 1.93 bits per heavy atom. The van der Waals surface area contributed by atoms with E-state index in [9.17, 15) is 33.1 Å². The lowest BCUT2D eigenvalue weighted by atomic mass is 10.1. The van der Waals surface area contributed by atoms with Crippen molar-refractivity contribution in [3.63, 3.8) is 0 Å². The van der Waals surface area contributed by atoms with Crippen LogP contribution in [-0.4, -0.2) is 75.0 Å².